The largest absolute Gasteiger partial charge is 0.573 e. The number of hydrogen-bond acceptors (Lipinski definition) is 6. The highest BCUT2D eigenvalue weighted by Crippen LogP contribution is 2.38. The highest BCUT2D eigenvalue weighted by atomic mass is 19.4. The lowest BCUT2D eigenvalue weighted by Crippen LogP contribution is -2.22. The summed E-state index contributed by atoms with van der Waals surface area (Å²) in [5.41, 5.74) is 4.72. The molecule has 0 aliphatic heterocycles. The minimum Gasteiger partial charge on any atom is -0.493 e. The van der Waals surface area contributed by atoms with Gasteiger partial charge in [0.1, 0.15) is 22.8 Å². The molecule has 0 radical (unpaired) electrons. The normalized spacial score (nSPS) is 11.2. The third-order valence-corrected chi connectivity index (χ3v) is 4.77. The van der Waals surface area contributed by atoms with E-state index in [0.29, 0.717) is 25.8 Å². The number of carbonyl (C=O) groups excluding carboxylic acids is 2. The second-order valence-corrected chi connectivity index (χ2v) is 7.37. The summed E-state index contributed by atoms with van der Waals surface area (Å²) >= 11 is 0. The maximum atomic E-state index is 13.2. The van der Waals surface area contributed by atoms with E-state index in [9.17, 15) is 22.8 Å². The highest BCUT2D eigenvalue weighted by molar-refractivity contribution is 6.03. The number of carbonyl (C=O) groups is 2. The Morgan fingerprint density at radius 1 is 1.06 bits per heavy atom. The average molecular weight is 467 g/mol. The van der Waals surface area contributed by atoms with Crippen LogP contribution in [0.2, 0.25) is 0 Å². The van der Waals surface area contributed by atoms with Gasteiger partial charge in [-0.15, -0.1) is 13.2 Å². The van der Waals surface area contributed by atoms with E-state index in [4.69, 9.17) is 15.2 Å². The Kier molecular flexibility index (Phi) is 9.72. The van der Waals surface area contributed by atoms with Gasteiger partial charge in [0.15, 0.2) is 5.78 Å². The van der Waals surface area contributed by atoms with E-state index < -0.39 is 23.9 Å². The molecule has 2 N–H and O–H groups in total. The second kappa shape index (κ2) is 12.2. The van der Waals surface area contributed by atoms with Crippen LogP contribution in [-0.2, 0) is 0 Å². The second-order valence-electron chi connectivity index (χ2n) is 7.37. The van der Waals surface area contributed by atoms with Gasteiger partial charge < -0.3 is 19.9 Å². The van der Waals surface area contributed by atoms with Crippen LogP contribution in [0.25, 0.3) is 0 Å². The van der Waals surface area contributed by atoms with Gasteiger partial charge in [-0.3, -0.25) is 4.79 Å². The molecule has 9 heteroatoms. The van der Waals surface area contributed by atoms with Crippen molar-refractivity contribution in [2.45, 2.75) is 52.3 Å². The summed E-state index contributed by atoms with van der Waals surface area (Å²) in [5, 5.41) is 0. The minimum absolute atomic E-state index is 0.0208. The number of alkyl halides is 3. The van der Waals surface area contributed by atoms with E-state index in [2.05, 4.69) is 4.74 Å². The van der Waals surface area contributed by atoms with Gasteiger partial charge in [-0.2, -0.15) is 0 Å². The fourth-order valence-corrected chi connectivity index (χ4v) is 3.13. The van der Waals surface area contributed by atoms with E-state index in [0.717, 1.165) is 12.5 Å². The van der Waals surface area contributed by atoms with Gasteiger partial charge in [-0.1, -0.05) is 31.5 Å². The molecule has 0 atom stereocenters. The van der Waals surface area contributed by atoms with Crippen LogP contribution in [0.3, 0.4) is 0 Å². The summed E-state index contributed by atoms with van der Waals surface area (Å²) in [6.07, 6.45) is -2.70. The zero-order valence-corrected chi connectivity index (χ0v) is 18.7. The van der Waals surface area contributed by atoms with Gasteiger partial charge in [0.05, 0.1) is 12.2 Å². The van der Waals surface area contributed by atoms with Crippen LogP contribution in [0.1, 0.15) is 65.3 Å². The number of unbranched alkanes of at least 4 members (excludes halogenated alkanes) is 2. The number of halogens is 3. The predicted molar refractivity (Wildman–Crippen MR) is 117 cm³/mol. The molecule has 2 aromatic carbocycles. The molecule has 180 valence electrons. The third kappa shape index (κ3) is 7.78. The molecule has 0 amide bonds. The summed E-state index contributed by atoms with van der Waals surface area (Å²) in [6.45, 7) is 3.77. The minimum atomic E-state index is -5.07. The Labute approximate surface area is 190 Å². The number of hydrogen-bond donors (Lipinski definition) is 1. The molecule has 6 nitrogen and oxygen atoms in total. The molecule has 0 bridgehead atoms. The van der Waals surface area contributed by atoms with E-state index >= 15 is 0 Å². The first-order valence-corrected chi connectivity index (χ1v) is 10.7. The van der Waals surface area contributed by atoms with Crippen molar-refractivity contribution in [2.24, 2.45) is 5.73 Å². The van der Waals surface area contributed by atoms with Crippen molar-refractivity contribution in [2.75, 3.05) is 13.2 Å². The van der Waals surface area contributed by atoms with E-state index in [1.165, 1.54) is 19.1 Å². The summed E-state index contributed by atoms with van der Waals surface area (Å²) in [6, 6.07) is 9.23. The van der Waals surface area contributed by atoms with E-state index in [1.54, 1.807) is 18.2 Å². The zero-order valence-electron chi connectivity index (χ0n) is 18.7. The van der Waals surface area contributed by atoms with Crippen LogP contribution in [0.15, 0.2) is 36.4 Å². The van der Waals surface area contributed by atoms with E-state index in [1.807, 2.05) is 6.92 Å². The number of benzene rings is 2. The summed E-state index contributed by atoms with van der Waals surface area (Å²) < 4.78 is 54.9. The Balaban J connectivity index is 2.57. The smallest absolute Gasteiger partial charge is 0.493 e. The first kappa shape index (κ1) is 26.2. The van der Waals surface area contributed by atoms with E-state index in [-0.39, 0.29) is 41.2 Å². The van der Waals surface area contributed by atoms with Crippen LogP contribution in [0, 0.1) is 6.92 Å². The maximum absolute atomic E-state index is 13.2. The van der Waals surface area contributed by atoms with Crippen molar-refractivity contribution in [3.05, 3.63) is 53.1 Å². The molecule has 0 saturated carbocycles. The number of ether oxygens (including phenoxy) is 3. The molecule has 0 aromatic heterocycles. The number of ketones is 1. The first-order chi connectivity index (χ1) is 15.7. The monoisotopic (exact) mass is 467 g/mol. The van der Waals surface area contributed by atoms with Gasteiger partial charge in [0, 0.05) is 12.0 Å². The number of para-hydroxylation sites is 1. The van der Waals surface area contributed by atoms with Crippen LogP contribution in [-0.4, -0.2) is 31.3 Å². The molecule has 0 aliphatic carbocycles. The van der Waals surface area contributed by atoms with Crippen LogP contribution < -0.4 is 19.9 Å². The molecule has 0 heterocycles. The van der Waals surface area contributed by atoms with Crippen molar-refractivity contribution >= 4 is 11.8 Å². The van der Waals surface area contributed by atoms with Crippen molar-refractivity contribution in [3.63, 3.8) is 0 Å². The molecule has 0 spiro atoms. The van der Waals surface area contributed by atoms with Crippen molar-refractivity contribution in [1.82, 2.24) is 0 Å². The molecule has 33 heavy (non-hydrogen) atoms. The fraction of sp³-hybridized carbons (Fsp3) is 0.417. The van der Waals surface area contributed by atoms with Crippen molar-refractivity contribution in [3.8, 4) is 17.2 Å². The predicted octanol–water partition coefficient (Wildman–Crippen LogP) is 5.60. The molecule has 2 aromatic rings. The highest BCUT2D eigenvalue weighted by Gasteiger charge is 2.36. The fourth-order valence-electron chi connectivity index (χ4n) is 3.13. The number of rotatable bonds is 12. The SMILES string of the molecule is CCCCOc1cc(C(=O)CCCCN)c(OC(F)(F)F)c(C)c1C(=O)Oc1ccccc1. The lowest BCUT2D eigenvalue weighted by Gasteiger charge is -2.20. The van der Waals surface area contributed by atoms with Crippen molar-refractivity contribution in [1.29, 1.82) is 0 Å². The Morgan fingerprint density at radius 2 is 1.76 bits per heavy atom. The first-order valence-electron chi connectivity index (χ1n) is 10.7. The quantitative estimate of drug-likeness (QED) is 0.189. The number of nitrogens with two attached hydrogens (primary N) is 1. The van der Waals surface area contributed by atoms with Crippen LogP contribution in [0.4, 0.5) is 13.2 Å². The molecule has 0 saturated heterocycles. The lowest BCUT2D eigenvalue weighted by atomic mass is 9.97. The molecule has 2 rings (SSSR count). The van der Waals surface area contributed by atoms with Crippen LogP contribution >= 0.6 is 0 Å². The molecule has 0 aliphatic rings. The number of Topliss-reactive ketones (excluding diaryl/α,β-unsaturated/α-hetero) is 1. The van der Waals surface area contributed by atoms with Gasteiger partial charge in [-0.05, 0) is 50.9 Å². The van der Waals surface area contributed by atoms with Gasteiger partial charge in [0.25, 0.3) is 0 Å². The lowest BCUT2D eigenvalue weighted by molar-refractivity contribution is -0.275. The summed E-state index contributed by atoms with van der Waals surface area (Å²) in [7, 11) is 0. The zero-order chi connectivity index (χ0) is 24.4. The average Bonchev–Trinajstić information content (AvgIpc) is 2.75. The van der Waals surface area contributed by atoms with Crippen LogP contribution in [0.5, 0.6) is 17.2 Å². The molecular formula is C24H28F3NO5. The molecule has 0 unspecified atom stereocenters. The maximum Gasteiger partial charge on any atom is 0.573 e. The standard InChI is InChI=1S/C24H28F3NO5/c1-3-4-14-31-20-15-18(19(29)12-8-9-13-28)22(33-24(25,26)27)16(2)21(20)23(30)32-17-10-6-5-7-11-17/h5-7,10-11,15H,3-4,8-9,12-14,28H2,1-2H3. The Bertz CT molecular complexity index is 945. The number of esters is 1. The van der Waals surface area contributed by atoms with Crippen molar-refractivity contribution < 1.29 is 37.0 Å². The summed E-state index contributed by atoms with van der Waals surface area (Å²) in [5.74, 6) is -2.03. The Hall–Kier alpha value is -3.07. The van der Waals surface area contributed by atoms with Gasteiger partial charge >= 0.3 is 12.3 Å². The molecular weight excluding hydrogens is 439 g/mol. The van der Waals surface area contributed by atoms with Gasteiger partial charge in [-0.25, -0.2) is 4.79 Å². The molecule has 0 fully saturated rings. The third-order valence-electron chi connectivity index (χ3n) is 4.77. The van der Waals surface area contributed by atoms with Gasteiger partial charge in [0.2, 0.25) is 0 Å². The summed E-state index contributed by atoms with van der Waals surface area (Å²) in [4.78, 5) is 25.7. The topological polar surface area (TPSA) is 87.9 Å². The Morgan fingerprint density at radius 3 is 2.36 bits per heavy atom.